The number of hydrogen-bond donors (Lipinski definition) is 1. The molecule has 0 aliphatic carbocycles. The number of nitrogens with zero attached hydrogens (tertiary/aromatic N) is 2. The second-order valence-electron chi connectivity index (χ2n) is 6.20. The monoisotopic (exact) mass is 316 g/mol. The summed E-state index contributed by atoms with van der Waals surface area (Å²) in [5, 5.41) is 9.14. The van der Waals surface area contributed by atoms with Gasteiger partial charge in [-0.15, -0.1) is 0 Å². The lowest BCUT2D eigenvalue weighted by Crippen LogP contribution is -2.45. The highest BCUT2D eigenvalue weighted by Crippen LogP contribution is 2.27. The third-order valence-electron chi connectivity index (χ3n) is 4.62. The van der Waals surface area contributed by atoms with E-state index in [0.29, 0.717) is 25.9 Å². The fraction of sp³-hybridized carbons (Fsp3) is 0.471. The second-order valence-corrected chi connectivity index (χ2v) is 6.20. The molecule has 2 aliphatic rings. The zero-order valence-corrected chi connectivity index (χ0v) is 12.9. The van der Waals surface area contributed by atoms with Gasteiger partial charge in [-0.1, -0.05) is 18.2 Å². The Kier molecular flexibility index (Phi) is 4.32. The van der Waals surface area contributed by atoms with Crippen molar-refractivity contribution in [2.24, 2.45) is 11.8 Å². The van der Waals surface area contributed by atoms with E-state index in [9.17, 15) is 14.4 Å². The van der Waals surface area contributed by atoms with Crippen LogP contribution < -0.4 is 4.90 Å². The quantitative estimate of drug-likeness (QED) is 0.913. The van der Waals surface area contributed by atoms with E-state index < -0.39 is 11.9 Å². The van der Waals surface area contributed by atoms with Crippen LogP contribution in [-0.4, -0.2) is 47.4 Å². The molecule has 1 aromatic carbocycles. The summed E-state index contributed by atoms with van der Waals surface area (Å²) in [7, 11) is 0. The minimum absolute atomic E-state index is 0.0543. The molecule has 0 aromatic heterocycles. The van der Waals surface area contributed by atoms with Gasteiger partial charge in [0.2, 0.25) is 11.8 Å². The molecule has 0 spiro atoms. The van der Waals surface area contributed by atoms with Crippen molar-refractivity contribution in [2.45, 2.75) is 19.3 Å². The van der Waals surface area contributed by atoms with Crippen LogP contribution in [-0.2, 0) is 14.4 Å². The average Bonchev–Trinajstić information content (AvgIpc) is 2.97. The van der Waals surface area contributed by atoms with Crippen molar-refractivity contribution in [1.29, 1.82) is 0 Å². The Balaban J connectivity index is 1.67. The van der Waals surface area contributed by atoms with Crippen LogP contribution in [0.15, 0.2) is 30.3 Å². The topological polar surface area (TPSA) is 77.9 Å². The molecule has 1 aromatic rings. The summed E-state index contributed by atoms with van der Waals surface area (Å²) in [5.74, 6) is -1.87. The van der Waals surface area contributed by atoms with Gasteiger partial charge in [-0.25, -0.2) is 0 Å². The smallest absolute Gasteiger partial charge is 0.308 e. The first-order valence-electron chi connectivity index (χ1n) is 7.93. The van der Waals surface area contributed by atoms with Crippen LogP contribution >= 0.6 is 0 Å². The molecule has 6 nitrogen and oxygen atoms in total. The van der Waals surface area contributed by atoms with E-state index in [2.05, 4.69) is 0 Å². The molecule has 2 amide bonds. The number of carbonyl (C=O) groups excluding carboxylic acids is 2. The van der Waals surface area contributed by atoms with Crippen molar-refractivity contribution in [3.8, 4) is 0 Å². The summed E-state index contributed by atoms with van der Waals surface area (Å²) >= 11 is 0. The van der Waals surface area contributed by atoms with Crippen molar-refractivity contribution < 1.29 is 19.5 Å². The van der Waals surface area contributed by atoms with Gasteiger partial charge in [-0.2, -0.15) is 0 Å². The molecular formula is C17H20N2O4. The van der Waals surface area contributed by atoms with Gasteiger partial charge in [0.05, 0.1) is 11.8 Å². The summed E-state index contributed by atoms with van der Waals surface area (Å²) < 4.78 is 0. The van der Waals surface area contributed by atoms with Gasteiger partial charge in [0.25, 0.3) is 0 Å². The number of amides is 2. The number of carbonyl (C=O) groups is 3. The zero-order valence-electron chi connectivity index (χ0n) is 12.9. The molecule has 2 atom stereocenters. The molecule has 0 unspecified atom stereocenters. The minimum atomic E-state index is -0.851. The van der Waals surface area contributed by atoms with Crippen LogP contribution in [0.25, 0.3) is 0 Å². The Hall–Kier alpha value is -2.37. The highest BCUT2D eigenvalue weighted by molar-refractivity contribution is 6.00. The van der Waals surface area contributed by atoms with Crippen LogP contribution in [0, 0.1) is 11.8 Å². The van der Waals surface area contributed by atoms with Crippen LogP contribution in [0.2, 0.25) is 0 Å². The predicted octanol–water partition coefficient (Wildman–Crippen LogP) is 1.36. The number of piperidine rings is 1. The molecule has 2 saturated heterocycles. The van der Waals surface area contributed by atoms with Gasteiger partial charge in [0.1, 0.15) is 0 Å². The number of likely N-dealkylation sites (tertiary alicyclic amines) is 1. The van der Waals surface area contributed by atoms with Gasteiger partial charge in [-0.05, 0) is 25.0 Å². The summed E-state index contributed by atoms with van der Waals surface area (Å²) in [6, 6.07) is 9.31. The van der Waals surface area contributed by atoms with Crippen molar-refractivity contribution in [1.82, 2.24) is 4.90 Å². The van der Waals surface area contributed by atoms with E-state index in [0.717, 1.165) is 5.69 Å². The largest absolute Gasteiger partial charge is 0.481 e. The van der Waals surface area contributed by atoms with Crippen molar-refractivity contribution in [3.63, 3.8) is 0 Å². The Bertz CT molecular complexity index is 616. The van der Waals surface area contributed by atoms with Crippen LogP contribution in [0.3, 0.4) is 0 Å². The fourth-order valence-electron chi connectivity index (χ4n) is 3.37. The molecule has 2 heterocycles. The Morgan fingerprint density at radius 2 is 1.83 bits per heavy atom. The summed E-state index contributed by atoms with van der Waals surface area (Å²) in [5.41, 5.74) is 0.801. The van der Waals surface area contributed by atoms with Gasteiger partial charge in [-0.3, -0.25) is 14.4 Å². The number of para-hydroxylation sites is 1. The average molecular weight is 316 g/mol. The fourth-order valence-corrected chi connectivity index (χ4v) is 3.37. The Morgan fingerprint density at radius 3 is 2.52 bits per heavy atom. The lowest BCUT2D eigenvalue weighted by atomic mass is 9.96. The molecular weight excluding hydrogens is 296 g/mol. The first kappa shape index (κ1) is 15.5. The third kappa shape index (κ3) is 3.21. The van der Waals surface area contributed by atoms with Crippen LogP contribution in [0.5, 0.6) is 0 Å². The lowest BCUT2D eigenvalue weighted by Gasteiger charge is -2.32. The SMILES string of the molecule is O=C(O)[C@H]1CCCN(C(=O)[C@H]2CC(=O)N(c3ccccc3)C2)C1. The van der Waals surface area contributed by atoms with E-state index in [1.165, 1.54) is 0 Å². The molecule has 0 saturated carbocycles. The van der Waals surface area contributed by atoms with E-state index in [1.807, 2.05) is 30.3 Å². The van der Waals surface area contributed by atoms with E-state index >= 15 is 0 Å². The number of hydrogen-bond acceptors (Lipinski definition) is 3. The first-order valence-corrected chi connectivity index (χ1v) is 7.93. The van der Waals surface area contributed by atoms with Gasteiger partial charge in [0.15, 0.2) is 0 Å². The van der Waals surface area contributed by atoms with Crippen molar-refractivity contribution in [2.75, 3.05) is 24.5 Å². The van der Waals surface area contributed by atoms with Crippen LogP contribution in [0.4, 0.5) is 5.69 Å². The van der Waals surface area contributed by atoms with E-state index in [-0.39, 0.29) is 30.7 Å². The van der Waals surface area contributed by atoms with Crippen LogP contribution in [0.1, 0.15) is 19.3 Å². The summed E-state index contributed by atoms with van der Waals surface area (Å²) in [6.45, 7) is 1.21. The minimum Gasteiger partial charge on any atom is -0.481 e. The maximum Gasteiger partial charge on any atom is 0.308 e. The van der Waals surface area contributed by atoms with Crippen molar-refractivity contribution >= 4 is 23.5 Å². The standard InChI is InChI=1S/C17H20N2O4/c20-15-9-13(11-19(15)14-6-2-1-3-7-14)16(21)18-8-4-5-12(10-18)17(22)23/h1-3,6-7,12-13H,4-5,8-11H2,(H,22,23)/t12-,13-/m0/s1. The molecule has 2 fully saturated rings. The van der Waals surface area contributed by atoms with E-state index in [1.54, 1.807) is 9.80 Å². The molecule has 6 heteroatoms. The lowest BCUT2D eigenvalue weighted by molar-refractivity contribution is -0.146. The summed E-state index contributed by atoms with van der Waals surface area (Å²) in [4.78, 5) is 39.2. The van der Waals surface area contributed by atoms with E-state index in [4.69, 9.17) is 5.11 Å². The molecule has 3 rings (SSSR count). The Morgan fingerprint density at radius 1 is 1.09 bits per heavy atom. The maximum absolute atomic E-state index is 12.6. The summed E-state index contributed by atoms with van der Waals surface area (Å²) in [6.07, 6.45) is 1.51. The number of carboxylic acids is 1. The Labute approximate surface area is 134 Å². The number of anilines is 1. The molecule has 23 heavy (non-hydrogen) atoms. The normalized spacial score (nSPS) is 24.8. The number of carboxylic acid groups (broad SMARTS) is 1. The highest BCUT2D eigenvalue weighted by Gasteiger charge is 2.39. The maximum atomic E-state index is 12.6. The number of rotatable bonds is 3. The zero-order chi connectivity index (χ0) is 16.4. The van der Waals surface area contributed by atoms with Gasteiger partial charge in [0, 0.05) is 31.7 Å². The third-order valence-corrected chi connectivity index (χ3v) is 4.62. The number of aliphatic carboxylic acids is 1. The molecule has 0 bridgehead atoms. The first-order chi connectivity index (χ1) is 11.1. The highest BCUT2D eigenvalue weighted by atomic mass is 16.4. The predicted molar refractivity (Wildman–Crippen MR) is 83.8 cm³/mol. The van der Waals surface area contributed by atoms with Gasteiger partial charge < -0.3 is 14.9 Å². The van der Waals surface area contributed by atoms with Crippen molar-refractivity contribution in [3.05, 3.63) is 30.3 Å². The molecule has 0 radical (unpaired) electrons. The molecule has 2 aliphatic heterocycles. The molecule has 1 N–H and O–H groups in total. The molecule has 122 valence electrons. The number of benzene rings is 1. The second kappa shape index (κ2) is 6.40. The van der Waals surface area contributed by atoms with Gasteiger partial charge >= 0.3 is 5.97 Å².